The third-order valence-corrected chi connectivity index (χ3v) is 6.51. The molecule has 0 atom stereocenters. The Kier molecular flexibility index (Phi) is 6.95. The summed E-state index contributed by atoms with van der Waals surface area (Å²) in [5.74, 6) is -0.829. The van der Waals surface area contributed by atoms with E-state index in [-0.39, 0.29) is 16.2 Å². The fourth-order valence-electron chi connectivity index (χ4n) is 3.64. The van der Waals surface area contributed by atoms with Gasteiger partial charge in [-0.3, -0.25) is 18.6 Å². The number of ketones is 1. The number of amides is 1. The second kappa shape index (κ2) is 9.37. The molecule has 0 aliphatic heterocycles. The smallest absolute Gasteiger partial charge is 0.276 e. The number of carbonyl (C=O) groups excluding carboxylic acids is 2. The molecule has 3 aromatic rings. The van der Waals surface area contributed by atoms with Gasteiger partial charge in [0.2, 0.25) is 0 Å². The van der Waals surface area contributed by atoms with E-state index in [0.717, 1.165) is 10.9 Å². The molecule has 0 spiro atoms. The lowest BCUT2D eigenvalue weighted by Crippen LogP contribution is -2.35. The van der Waals surface area contributed by atoms with Crippen molar-refractivity contribution in [2.24, 2.45) is 5.41 Å². The van der Waals surface area contributed by atoms with Crippen LogP contribution in [-0.2, 0) is 23.9 Å². The molecule has 1 aromatic heterocycles. The zero-order chi connectivity index (χ0) is 24.4. The Morgan fingerprint density at radius 1 is 0.939 bits per heavy atom. The molecule has 174 valence electrons. The average molecular weight is 467 g/mol. The van der Waals surface area contributed by atoms with Crippen LogP contribution in [-0.4, -0.2) is 45.4 Å². The Bertz CT molecular complexity index is 1310. The van der Waals surface area contributed by atoms with Crippen molar-refractivity contribution in [2.75, 3.05) is 19.6 Å². The van der Waals surface area contributed by atoms with Crippen LogP contribution < -0.4 is 5.48 Å². The second-order valence-electron chi connectivity index (χ2n) is 9.16. The van der Waals surface area contributed by atoms with Crippen molar-refractivity contribution in [3.8, 4) is 0 Å². The molecule has 0 saturated heterocycles. The summed E-state index contributed by atoms with van der Waals surface area (Å²) in [5.41, 5.74) is 4.02. The Hall–Kier alpha value is -3.16. The predicted molar refractivity (Wildman–Crippen MR) is 136 cm³/mol. The van der Waals surface area contributed by atoms with E-state index < -0.39 is 20.8 Å². The van der Waals surface area contributed by atoms with Gasteiger partial charge in [0, 0.05) is 40.1 Å². The largest absolute Gasteiger partial charge is 0.354 e. The number of aromatic amines is 1. The predicted octanol–water partition coefficient (Wildman–Crippen LogP) is 4.09. The van der Waals surface area contributed by atoms with Gasteiger partial charge in [-0.25, -0.2) is 5.48 Å². The lowest BCUT2D eigenvalue weighted by atomic mass is 9.84. The van der Waals surface area contributed by atoms with Crippen LogP contribution in [0.2, 0.25) is 0 Å². The molecule has 0 bridgehead atoms. The van der Waals surface area contributed by atoms with Gasteiger partial charge in [-0.2, -0.15) is 0 Å². The third-order valence-electron chi connectivity index (χ3n) is 5.14. The van der Waals surface area contributed by atoms with Gasteiger partial charge in [-0.1, -0.05) is 69.3 Å². The molecule has 33 heavy (non-hydrogen) atoms. The van der Waals surface area contributed by atoms with Gasteiger partial charge in [-0.15, -0.1) is 0 Å². The summed E-state index contributed by atoms with van der Waals surface area (Å²) in [5, 5.41) is 0.908. The highest BCUT2D eigenvalue weighted by Crippen LogP contribution is 2.33. The molecule has 0 saturated carbocycles. The summed E-state index contributed by atoms with van der Waals surface area (Å²) < 4.78 is 13.7. The maximum atomic E-state index is 13.7. The van der Waals surface area contributed by atoms with Crippen molar-refractivity contribution >= 4 is 48.1 Å². The Morgan fingerprint density at radius 3 is 2.09 bits per heavy atom. The van der Waals surface area contributed by atoms with Crippen molar-refractivity contribution in [3.63, 3.8) is 0 Å². The standard InChI is InChI=1S/C26H30N2O4S/c1-26(2,3)24(29)23(33(5,6)31)22(20-16-18-14-10-11-15-19(18)27-20)21(25(30)28-32-4)17-12-8-7-9-13-17/h7-16,27H,1-6H3,(H,28,30)/b22-21+. The van der Waals surface area contributed by atoms with Crippen molar-refractivity contribution in [2.45, 2.75) is 20.8 Å². The normalized spacial score (nSPS) is 12.9. The number of carbonyl (C=O) groups is 2. The molecule has 7 heteroatoms. The van der Waals surface area contributed by atoms with Crippen molar-refractivity contribution < 1.29 is 18.6 Å². The van der Waals surface area contributed by atoms with E-state index >= 15 is 0 Å². The summed E-state index contributed by atoms with van der Waals surface area (Å²) in [6, 6.07) is 18.5. The van der Waals surface area contributed by atoms with Gasteiger partial charge in [0.15, 0.2) is 5.78 Å². The van der Waals surface area contributed by atoms with Crippen LogP contribution in [0.1, 0.15) is 32.0 Å². The van der Waals surface area contributed by atoms with E-state index in [1.165, 1.54) is 19.6 Å². The summed E-state index contributed by atoms with van der Waals surface area (Å²) in [6.07, 6.45) is 3.07. The van der Waals surface area contributed by atoms with E-state index in [1.54, 1.807) is 45.0 Å². The van der Waals surface area contributed by atoms with Crippen LogP contribution in [0.25, 0.3) is 22.0 Å². The Balaban J connectivity index is 2.55. The lowest BCUT2D eigenvalue weighted by molar-refractivity contribution is -0.125. The number of fused-ring (bicyclic) bond motifs is 1. The summed E-state index contributed by atoms with van der Waals surface area (Å²) in [4.78, 5) is 35.5. The third kappa shape index (κ3) is 5.26. The minimum absolute atomic E-state index is 0.117. The Labute approximate surface area is 195 Å². The molecule has 1 heterocycles. The van der Waals surface area contributed by atoms with Gasteiger partial charge < -0.3 is 4.98 Å². The molecule has 0 unspecified atom stereocenters. The molecular formula is C26H30N2O4S. The van der Waals surface area contributed by atoms with E-state index in [1.807, 2.05) is 36.4 Å². The number of Topliss-reactive ketones (excluding diaryl/α,β-unsaturated/α-hetero) is 1. The number of para-hydroxylation sites is 1. The summed E-state index contributed by atoms with van der Waals surface area (Å²) in [6.45, 7) is 5.34. The Morgan fingerprint density at radius 2 is 1.55 bits per heavy atom. The number of hydrogen-bond donors (Lipinski definition) is 2. The molecule has 0 radical (unpaired) electrons. The van der Waals surface area contributed by atoms with Crippen LogP contribution in [0.15, 0.2) is 60.7 Å². The molecule has 6 nitrogen and oxygen atoms in total. The van der Waals surface area contributed by atoms with E-state index in [4.69, 9.17) is 4.84 Å². The van der Waals surface area contributed by atoms with E-state index in [0.29, 0.717) is 16.8 Å². The highest BCUT2D eigenvalue weighted by Gasteiger charge is 2.35. The number of allylic oxidation sites excluding steroid dienone is 1. The maximum Gasteiger partial charge on any atom is 0.276 e. The molecule has 3 rings (SSSR count). The van der Waals surface area contributed by atoms with Gasteiger partial charge in [0.05, 0.1) is 17.5 Å². The molecule has 0 aliphatic rings. The van der Waals surface area contributed by atoms with Gasteiger partial charge in [-0.05, 0) is 27.2 Å². The SMILES string of the molecule is CONC(=O)/C(=C(/C(C(=O)C(C)(C)C)=S(C)(C)=O)c1cc2ccccc2[nH]1)c1ccccc1. The monoisotopic (exact) mass is 466 g/mol. The molecule has 2 aromatic carbocycles. The fourth-order valence-corrected chi connectivity index (χ4v) is 5.10. The van der Waals surface area contributed by atoms with Gasteiger partial charge >= 0.3 is 0 Å². The number of rotatable bonds is 6. The van der Waals surface area contributed by atoms with Gasteiger partial charge in [0.1, 0.15) is 0 Å². The lowest BCUT2D eigenvalue weighted by Gasteiger charge is -2.24. The molecule has 1 amide bonds. The van der Waals surface area contributed by atoms with Gasteiger partial charge in [0.25, 0.3) is 5.91 Å². The number of hydroxylamine groups is 1. The number of benzene rings is 2. The first kappa shape index (κ1) is 24.5. The van der Waals surface area contributed by atoms with Crippen LogP contribution in [0.4, 0.5) is 0 Å². The second-order valence-corrected chi connectivity index (χ2v) is 12.0. The number of hydrogen-bond acceptors (Lipinski definition) is 4. The number of H-pyrrole nitrogens is 1. The maximum absolute atomic E-state index is 13.7. The minimum Gasteiger partial charge on any atom is -0.354 e. The van der Waals surface area contributed by atoms with Crippen molar-refractivity contribution in [3.05, 3.63) is 71.9 Å². The number of nitrogens with one attached hydrogen (secondary N) is 2. The highest BCUT2D eigenvalue weighted by atomic mass is 32.2. The summed E-state index contributed by atoms with van der Waals surface area (Å²) in [7, 11) is -1.47. The topological polar surface area (TPSA) is 88.3 Å². The number of aromatic nitrogens is 1. The van der Waals surface area contributed by atoms with Crippen LogP contribution in [0, 0.1) is 5.41 Å². The van der Waals surface area contributed by atoms with E-state index in [9.17, 15) is 13.8 Å². The van der Waals surface area contributed by atoms with Crippen LogP contribution in [0.5, 0.6) is 0 Å². The van der Waals surface area contributed by atoms with E-state index in [2.05, 4.69) is 10.5 Å². The van der Waals surface area contributed by atoms with Crippen molar-refractivity contribution in [1.29, 1.82) is 0 Å². The quantitative estimate of drug-likeness (QED) is 0.325. The van der Waals surface area contributed by atoms with Crippen molar-refractivity contribution in [1.82, 2.24) is 10.5 Å². The first-order valence-corrected chi connectivity index (χ1v) is 12.9. The summed E-state index contributed by atoms with van der Waals surface area (Å²) >= 11 is 0. The molecule has 2 N–H and O–H groups in total. The van der Waals surface area contributed by atoms with Crippen LogP contribution >= 0.6 is 0 Å². The van der Waals surface area contributed by atoms with Crippen LogP contribution in [0.3, 0.4) is 0 Å². The fraction of sp³-hybridized carbons (Fsp3) is 0.269. The zero-order valence-electron chi connectivity index (χ0n) is 19.8. The zero-order valence-corrected chi connectivity index (χ0v) is 20.6. The molecule has 0 fully saturated rings. The first-order chi connectivity index (χ1) is 15.4. The minimum atomic E-state index is -2.82. The highest BCUT2D eigenvalue weighted by molar-refractivity contribution is 8.03. The molecular weight excluding hydrogens is 436 g/mol. The average Bonchev–Trinajstić information content (AvgIpc) is 3.16. The molecule has 0 aliphatic carbocycles. The first-order valence-electron chi connectivity index (χ1n) is 10.5.